The first kappa shape index (κ1) is 17.0. The zero-order valence-electron chi connectivity index (χ0n) is 13.6. The monoisotopic (exact) mass is 355 g/mol. The number of nitrogens with zero attached hydrogens (tertiary/aromatic N) is 2. The summed E-state index contributed by atoms with van der Waals surface area (Å²) in [5, 5.41) is 18.9. The van der Waals surface area contributed by atoms with Gasteiger partial charge >= 0.3 is 0 Å². The lowest BCUT2D eigenvalue weighted by atomic mass is 10.2. The Bertz CT molecular complexity index is 865. The van der Waals surface area contributed by atoms with Crippen LogP contribution < -0.4 is 15.1 Å². The van der Waals surface area contributed by atoms with E-state index in [0.29, 0.717) is 10.8 Å². The molecule has 1 aromatic heterocycles. The molecule has 0 saturated heterocycles. The highest BCUT2D eigenvalue weighted by atomic mass is 32.2. The van der Waals surface area contributed by atoms with E-state index >= 15 is 0 Å². The molecule has 3 aromatic rings. The Morgan fingerprint density at radius 3 is 2.68 bits per heavy atom. The van der Waals surface area contributed by atoms with Gasteiger partial charge < -0.3 is 14.9 Å². The quantitative estimate of drug-likeness (QED) is 0.542. The molecule has 0 unspecified atom stereocenters. The number of amides is 1. The summed E-state index contributed by atoms with van der Waals surface area (Å²) in [6.45, 7) is 1.94. The second-order valence-electron chi connectivity index (χ2n) is 5.37. The van der Waals surface area contributed by atoms with E-state index in [2.05, 4.69) is 10.6 Å². The normalized spacial score (nSPS) is 10.6. The fraction of sp³-hybridized carbons (Fsp3) is 0.167. The van der Waals surface area contributed by atoms with Crippen molar-refractivity contribution in [3.8, 4) is 11.6 Å². The zero-order chi connectivity index (χ0) is 17.6. The molecule has 0 saturated carbocycles. The van der Waals surface area contributed by atoms with E-state index in [1.165, 1.54) is 16.4 Å². The Morgan fingerprint density at radius 1 is 1.20 bits per heavy atom. The van der Waals surface area contributed by atoms with Crippen LogP contribution in [0, 0.1) is 6.92 Å². The number of nitrogens with one attached hydrogen (secondary N) is 1. The molecule has 0 fully saturated rings. The predicted octanol–water partition coefficient (Wildman–Crippen LogP) is 2.45. The molecule has 0 bridgehead atoms. The predicted molar refractivity (Wildman–Crippen MR) is 92.6 cm³/mol. The number of thioether (sulfide) groups is 1. The maximum atomic E-state index is 12.1. The summed E-state index contributed by atoms with van der Waals surface area (Å²) in [7, 11) is 0. The average Bonchev–Trinajstić information content (AvgIpc) is 2.99. The highest BCUT2D eigenvalue weighted by Crippen LogP contribution is 2.24. The third-order valence-corrected chi connectivity index (χ3v) is 4.58. The van der Waals surface area contributed by atoms with Crippen LogP contribution >= 0.6 is 11.8 Å². The van der Waals surface area contributed by atoms with Crippen LogP contribution in [0.3, 0.4) is 0 Å². The van der Waals surface area contributed by atoms with Crippen LogP contribution in [0.1, 0.15) is 12.0 Å². The average molecular weight is 355 g/mol. The third-order valence-electron chi connectivity index (χ3n) is 3.56. The molecule has 0 aliphatic rings. The number of aromatic nitrogens is 2. The number of rotatable bonds is 6. The van der Waals surface area contributed by atoms with Gasteiger partial charge in [0, 0.05) is 30.0 Å². The van der Waals surface area contributed by atoms with E-state index < -0.39 is 5.95 Å². The maximum absolute atomic E-state index is 12.1. The first-order valence-corrected chi connectivity index (χ1v) is 8.76. The Hall–Kier alpha value is -2.80. The van der Waals surface area contributed by atoms with E-state index in [4.69, 9.17) is 4.52 Å². The zero-order valence-corrected chi connectivity index (χ0v) is 14.5. The van der Waals surface area contributed by atoms with Crippen molar-refractivity contribution in [2.45, 2.75) is 18.4 Å². The largest absolute Gasteiger partial charge is 0.538 e. The standard InChI is InChI=1S/C18H17N3O3S/c1-13-7-5-6-10-15(13)19-16(22)11-12-25-17-18(23)24-20-21(17)14-8-3-2-4-9-14/h2-10H,11-12H2,1H3,(H-,19,20,22,23). The van der Waals surface area contributed by atoms with Crippen LogP contribution in [0.5, 0.6) is 5.95 Å². The van der Waals surface area contributed by atoms with E-state index in [0.717, 1.165) is 16.9 Å². The lowest BCUT2D eigenvalue weighted by Crippen LogP contribution is -2.34. The molecule has 1 heterocycles. The van der Waals surface area contributed by atoms with Gasteiger partial charge in [0.05, 0.1) is 5.27 Å². The number of hydrogen-bond donors (Lipinski definition) is 1. The van der Waals surface area contributed by atoms with Gasteiger partial charge in [-0.15, -0.1) is 0 Å². The smallest absolute Gasteiger partial charge is 0.297 e. The van der Waals surface area contributed by atoms with Crippen molar-refractivity contribution in [1.29, 1.82) is 0 Å². The Balaban J connectivity index is 1.60. The molecule has 0 aliphatic carbocycles. The summed E-state index contributed by atoms with van der Waals surface area (Å²) in [6, 6.07) is 16.8. The number of hydrogen-bond acceptors (Lipinski definition) is 5. The van der Waals surface area contributed by atoms with Gasteiger partial charge in [-0.25, -0.2) is 0 Å². The lowest BCUT2D eigenvalue weighted by Gasteiger charge is -2.07. The van der Waals surface area contributed by atoms with E-state index in [1.54, 1.807) is 0 Å². The number of benzene rings is 2. The molecule has 0 atom stereocenters. The molecular formula is C18H17N3O3S. The minimum absolute atomic E-state index is 0.100. The van der Waals surface area contributed by atoms with Gasteiger partial charge in [-0.05, 0) is 23.2 Å². The lowest BCUT2D eigenvalue weighted by molar-refractivity contribution is -0.705. The van der Waals surface area contributed by atoms with Gasteiger partial charge in [-0.3, -0.25) is 4.79 Å². The van der Waals surface area contributed by atoms with Gasteiger partial charge in [0.1, 0.15) is 0 Å². The van der Waals surface area contributed by atoms with Crippen molar-refractivity contribution in [3.05, 3.63) is 60.2 Å². The van der Waals surface area contributed by atoms with Crippen LogP contribution in [-0.4, -0.2) is 16.9 Å². The van der Waals surface area contributed by atoms with Crippen molar-refractivity contribution in [3.63, 3.8) is 0 Å². The van der Waals surface area contributed by atoms with Gasteiger partial charge in [0.2, 0.25) is 11.6 Å². The molecule has 1 N–H and O–H groups in total. The molecule has 2 aromatic carbocycles. The summed E-state index contributed by atoms with van der Waals surface area (Å²) in [6.07, 6.45) is 0.276. The van der Waals surface area contributed by atoms with Crippen molar-refractivity contribution < 1.29 is 19.1 Å². The molecule has 3 rings (SSSR count). The number of carbonyl (C=O) groups excluding carboxylic acids is 1. The molecule has 0 aliphatic heterocycles. The van der Waals surface area contributed by atoms with Crippen LogP contribution in [0.15, 0.2) is 64.1 Å². The van der Waals surface area contributed by atoms with Crippen molar-refractivity contribution >= 4 is 23.4 Å². The minimum Gasteiger partial charge on any atom is -0.538 e. The maximum Gasteiger partial charge on any atom is 0.297 e. The van der Waals surface area contributed by atoms with E-state index in [-0.39, 0.29) is 12.3 Å². The van der Waals surface area contributed by atoms with Gasteiger partial charge in [-0.1, -0.05) is 48.2 Å². The summed E-state index contributed by atoms with van der Waals surface area (Å²) in [5.74, 6) is -0.161. The second-order valence-corrected chi connectivity index (χ2v) is 6.46. The van der Waals surface area contributed by atoms with Crippen LogP contribution in [0.25, 0.3) is 5.69 Å². The van der Waals surface area contributed by atoms with E-state index in [1.807, 2.05) is 61.5 Å². The van der Waals surface area contributed by atoms with Crippen LogP contribution in [0.2, 0.25) is 0 Å². The minimum atomic E-state index is -0.506. The molecular weight excluding hydrogens is 338 g/mol. The first-order chi connectivity index (χ1) is 12.1. The fourth-order valence-electron chi connectivity index (χ4n) is 2.26. The highest BCUT2D eigenvalue weighted by molar-refractivity contribution is 7.99. The van der Waals surface area contributed by atoms with Gasteiger partial charge in [0.25, 0.3) is 5.03 Å². The topological polar surface area (TPSA) is 82.1 Å². The Morgan fingerprint density at radius 2 is 1.92 bits per heavy atom. The number of aryl methyl sites for hydroxylation is 1. The SMILES string of the molecule is Cc1ccccc1NC(=O)CCSc1c([O-])on[n+]1-c1ccccc1. The van der Waals surface area contributed by atoms with Crippen LogP contribution in [-0.2, 0) is 4.79 Å². The summed E-state index contributed by atoms with van der Waals surface area (Å²) < 4.78 is 6.21. The number of para-hydroxylation sites is 2. The summed E-state index contributed by atoms with van der Waals surface area (Å²) in [5.41, 5.74) is 2.54. The summed E-state index contributed by atoms with van der Waals surface area (Å²) >= 11 is 1.25. The molecule has 1 amide bonds. The van der Waals surface area contributed by atoms with Crippen molar-refractivity contribution in [1.82, 2.24) is 5.27 Å². The fourth-order valence-corrected chi connectivity index (χ4v) is 3.16. The highest BCUT2D eigenvalue weighted by Gasteiger charge is 2.21. The molecule has 7 heteroatoms. The molecule has 0 radical (unpaired) electrons. The molecule has 128 valence electrons. The van der Waals surface area contributed by atoms with Gasteiger partial charge in [0.15, 0.2) is 5.95 Å². The Labute approximate surface area is 149 Å². The number of anilines is 1. The molecule has 0 spiro atoms. The molecule has 6 nitrogen and oxygen atoms in total. The second kappa shape index (κ2) is 7.85. The number of carbonyl (C=O) groups is 1. The molecule has 25 heavy (non-hydrogen) atoms. The van der Waals surface area contributed by atoms with Crippen molar-refractivity contribution in [2.24, 2.45) is 0 Å². The van der Waals surface area contributed by atoms with E-state index in [9.17, 15) is 9.90 Å². The van der Waals surface area contributed by atoms with Crippen LogP contribution in [0.4, 0.5) is 5.69 Å². The third kappa shape index (κ3) is 4.19. The Kier molecular flexibility index (Phi) is 5.35. The van der Waals surface area contributed by atoms with Gasteiger partial charge in [-0.2, -0.15) is 0 Å². The summed E-state index contributed by atoms with van der Waals surface area (Å²) in [4.78, 5) is 12.1. The van der Waals surface area contributed by atoms with Crippen molar-refractivity contribution in [2.75, 3.05) is 11.1 Å². The first-order valence-electron chi connectivity index (χ1n) is 7.78.